The molecule has 3 aromatic heterocycles. The summed E-state index contributed by atoms with van der Waals surface area (Å²) in [6.45, 7) is 2.34. The van der Waals surface area contributed by atoms with Crippen LogP contribution in [0.2, 0.25) is 0 Å². The first-order valence-corrected chi connectivity index (χ1v) is 9.23. The van der Waals surface area contributed by atoms with Crippen molar-refractivity contribution in [2.75, 3.05) is 26.4 Å². The van der Waals surface area contributed by atoms with Crippen LogP contribution in [0, 0.1) is 0 Å². The first-order chi connectivity index (χ1) is 13.9. The molecule has 28 heavy (non-hydrogen) atoms. The molecular weight excluding hydrogens is 358 g/mol. The third kappa shape index (κ3) is 3.53. The van der Waals surface area contributed by atoms with Crippen LogP contribution >= 0.6 is 0 Å². The number of hydrogen-bond acceptors (Lipinski definition) is 7. The Kier molecular flexibility index (Phi) is 4.80. The zero-order valence-electron chi connectivity index (χ0n) is 15.2. The van der Waals surface area contributed by atoms with Gasteiger partial charge < -0.3 is 18.9 Å². The van der Waals surface area contributed by atoms with Crippen molar-refractivity contribution in [2.45, 2.75) is 12.6 Å². The van der Waals surface area contributed by atoms with Crippen LogP contribution in [0.4, 0.5) is 0 Å². The molecule has 0 aromatic carbocycles. The van der Waals surface area contributed by atoms with Gasteiger partial charge in [-0.1, -0.05) is 6.07 Å². The molecule has 0 saturated carbocycles. The van der Waals surface area contributed by atoms with E-state index in [0.29, 0.717) is 26.4 Å². The molecule has 7 heteroatoms. The molecule has 2 saturated heterocycles. The van der Waals surface area contributed by atoms with Gasteiger partial charge in [0.05, 0.1) is 49.2 Å². The second-order valence-electron chi connectivity index (χ2n) is 6.51. The molecular formula is C21H19N3O4. The molecule has 3 aromatic rings. The van der Waals surface area contributed by atoms with Crippen molar-refractivity contribution in [3.05, 3.63) is 66.0 Å². The first-order valence-electron chi connectivity index (χ1n) is 9.23. The lowest BCUT2D eigenvalue weighted by Crippen LogP contribution is -2.03. The molecule has 0 aliphatic carbocycles. The lowest BCUT2D eigenvalue weighted by atomic mass is 10.1. The van der Waals surface area contributed by atoms with Crippen LogP contribution in [0.3, 0.4) is 0 Å². The highest BCUT2D eigenvalue weighted by Crippen LogP contribution is 2.31. The van der Waals surface area contributed by atoms with E-state index in [-0.39, 0.29) is 6.29 Å². The van der Waals surface area contributed by atoms with Gasteiger partial charge in [-0.05, 0) is 36.4 Å². The van der Waals surface area contributed by atoms with Crippen LogP contribution in [0.25, 0.3) is 22.8 Å². The molecule has 0 amide bonds. The maximum Gasteiger partial charge on any atom is 0.184 e. The van der Waals surface area contributed by atoms with Crippen LogP contribution in [-0.4, -0.2) is 41.4 Å². The Hall–Kier alpha value is -2.71. The van der Waals surface area contributed by atoms with E-state index in [0.717, 1.165) is 33.9 Å². The summed E-state index contributed by atoms with van der Waals surface area (Å²) in [7, 11) is 0. The van der Waals surface area contributed by atoms with Gasteiger partial charge in [0.2, 0.25) is 0 Å². The zero-order valence-corrected chi connectivity index (χ0v) is 15.2. The predicted octanol–water partition coefficient (Wildman–Crippen LogP) is 3.30. The smallest absolute Gasteiger partial charge is 0.184 e. The number of ether oxygens (including phenoxy) is 4. The first kappa shape index (κ1) is 17.4. The van der Waals surface area contributed by atoms with Crippen molar-refractivity contribution in [2.24, 2.45) is 0 Å². The molecule has 5 heterocycles. The topological polar surface area (TPSA) is 75.6 Å². The fourth-order valence-corrected chi connectivity index (χ4v) is 3.30. The Morgan fingerprint density at radius 2 is 1.21 bits per heavy atom. The quantitative estimate of drug-likeness (QED) is 0.690. The molecule has 5 rings (SSSR count). The summed E-state index contributed by atoms with van der Waals surface area (Å²) in [6, 6.07) is 13.5. The molecule has 0 radical (unpaired) electrons. The van der Waals surface area contributed by atoms with Gasteiger partial charge in [0.15, 0.2) is 12.6 Å². The van der Waals surface area contributed by atoms with Crippen molar-refractivity contribution >= 4 is 0 Å². The van der Waals surface area contributed by atoms with Gasteiger partial charge in [-0.25, -0.2) is 4.98 Å². The summed E-state index contributed by atoms with van der Waals surface area (Å²) in [6.07, 6.45) is 2.72. The minimum Gasteiger partial charge on any atom is -0.346 e. The summed E-state index contributed by atoms with van der Waals surface area (Å²) in [4.78, 5) is 13.7. The van der Waals surface area contributed by atoms with E-state index < -0.39 is 6.29 Å². The van der Waals surface area contributed by atoms with E-state index in [4.69, 9.17) is 23.9 Å². The molecule has 7 nitrogen and oxygen atoms in total. The number of hydrogen-bond donors (Lipinski definition) is 0. The molecule has 0 bridgehead atoms. The Labute approximate surface area is 162 Å². The van der Waals surface area contributed by atoms with E-state index in [1.807, 2.05) is 42.5 Å². The van der Waals surface area contributed by atoms with Gasteiger partial charge in [0.25, 0.3) is 0 Å². The second-order valence-corrected chi connectivity index (χ2v) is 6.51. The number of rotatable bonds is 4. The summed E-state index contributed by atoms with van der Waals surface area (Å²) in [5.41, 5.74) is 4.78. The van der Waals surface area contributed by atoms with Crippen molar-refractivity contribution in [1.29, 1.82) is 0 Å². The molecule has 0 atom stereocenters. The van der Waals surface area contributed by atoms with Gasteiger partial charge in [0.1, 0.15) is 0 Å². The van der Waals surface area contributed by atoms with Gasteiger partial charge in [-0.15, -0.1) is 0 Å². The summed E-state index contributed by atoms with van der Waals surface area (Å²) < 4.78 is 22.6. The largest absolute Gasteiger partial charge is 0.346 e. The van der Waals surface area contributed by atoms with Gasteiger partial charge in [0, 0.05) is 23.5 Å². The van der Waals surface area contributed by atoms with Crippen molar-refractivity contribution in [3.8, 4) is 22.8 Å². The zero-order chi connectivity index (χ0) is 18.8. The van der Waals surface area contributed by atoms with Gasteiger partial charge in [-0.3, -0.25) is 9.97 Å². The van der Waals surface area contributed by atoms with Crippen molar-refractivity contribution in [1.82, 2.24) is 15.0 Å². The highest BCUT2D eigenvalue weighted by molar-refractivity contribution is 5.63. The molecule has 2 aliphatic rings. The lowest BCUT2D eigenvalue weighted by molar-refractivity contribution is -0.0444. The molecule has 2 fully saturated rings. The van der Waals surface area contributed by atoms with E-state index in [9.17, 15) is 0 Å². The summed E-state index contributed by atoms with van der Waals surface area (Å²) >= 11 is 0. The average Bonchev–Trinajstić information content (AvgIpc) is 3.48. The van der Waals surface area contributed by atoms with Crippen molar-refractivity contribution < 1.29 is 18.9 Å². The van der Waals surface area contributed by atoms with E-state index in [2.05, 4.69) is 9.97 Å². The highest BCUT2D eigenvalue weighted by Gasteiger charge is 2.22. The van der Waals surface area contributed by atoms with E-state index >= 15 is 0 Å². The standard InChI is InChI=1S/C21H19N3O4/c1-2-5-22-16(3-1)18-12-15(21-27-9-10-28-21)13-19(24-18)17-11-14(4-6-23-17)20-25-7-8-26-20/h1-6,11-13,20-21H,7-10H2. The Morgan fingerprint density at radius 3 is 1.89 bits per heavy atom. The molecule has 142 valence electrons. The fraction of sp³-hybridized carbons (Fsp3) is 0.286. The van der Waals surface area contributed by atoms with E-state index in [1.165, 1.54) is 0 Å². The molecule has 2 aliphatic heterocycles. The predicted molar refractivity (Wildman–Crippen MR) is 100.0 cm³/mol. The molecule has 0 N–H and O–H groups in total. The number of nitrogens with zero attached hydrogens (tertiary/aromatic N) is 3. The monoisotopic (exact) mass is 377 g/mol. The summed E-state index contributed by atoms with van der Waals surface area (Å²) in [5, 5.41) is 0. The van der Waals surface area contributed by atoms with Gasteiger partial charge >= 0.3 is 0 Å². The Morgan fingerprint density at radius 1 is 0.607 bits per heavy atom. The lowest BCUT2D eigenvalue weighted by Gasteiger charge is -2.14. The van der Waals surface area contributed by atoms with Crippen molar-refractivity contribution in [3.63, 3.8) is 0 Å². The third-order valence-electron chi connectivity index (χ3n) is 4.61. The molecule has 0 spiro atoms. The van der Waals surface area contributed by atoms with Crippen LogP contribution in [-0.2, 0) is 18.9 Å². The minimum absolute atomic E-state index is 0.360. The number of aromatic nitrogens is 3. The second kappa shape index (κ2) is 7.73. The minimum atomic E-state index is -0.408. The van der Waals surface area contributed by atoms with Crippen LogP contribution in [0.5, 0.6) is 0 Å². The average molecular weight is 377 g/mol. The Bertz CT molecular complexity index is 955. The molecule has 0 unspecified atom stereocenters. The maximum atomic E-state index is 5.69. The summed E-state index contributed by atoms with van der Waals surface area (Å²) in [5.74, 6) is 0. The highest BCUT2D eigenvalue weighted by atomic mass is 16.7. The Balaban J connectivity index is 1.58. The van der Waals surface area contributed by atoms with Gasteiger partial charge in [-0.2, -0.15) is 0 Å². The van der Waals surface area contributed by atoms with Crippen LogP contribution in [0.1, 0.15) is 23.7 Å². The van der Waals surface area contributed by atoms with Crippen LogP contribution < -0.4 is 0 Å². The fourth-order valence-electron chi connectivity index (χ4n) is 3.30. The van der Waals surface area contributed by atoms with E-state index in [1.54, 1.807) is 12.4 Å². The normalized spacial score (nSPS) is 18.0. The van der Waals surface area contributed by atoms with Crippen LogP contribution in [0.15, 0.2) is 54.9 Å². The maximum absolute atomic E-state index is 5.69. The SMILES string of the molecule is c1ccc(-c2cc(C3OCCO3)cc(-c3cc(C4OCCO4)ccn3)n2)nc1. The number of pyridine rings is 3. The third-order valence-corrected chi connectivity index (χ3v) is 4.61.